The summed E-state index contributed by atoms with van der Waals surface area (Å²) in [6.07, 6.45) is 3.13. The number of nitrogens with one attached hydrogen (secondary N) is 1. The molecule has 6 rings (SSSR count). The van der Waals surface area contributed by atoms with Gasteiger partial charge in [-0.25, -0.2) is 0 Å². The zero-order chi connectivity index (χ0) is 23.4. The predicted molar refractivity (Wildman–Crippen MR) is 135 cm³/mol. The summed E-state index contributed by atoms with van der Waals surface area (Å²) in [5.74, 6) is -0.0360. The fourth-order valence-corrected chi connectivity index (χ4v) is 6.58. The molecule has 2 heterocycles. The second kappa shape index (κ2) is 7.95. The number of benzene rings is 3. The zero-order valence-electron chi connectivity index (χ0n) is 19.9. The van der Waals surface area contributed by atoms with Crippen molar-refractivity contribution >= 4 is 28.3 Å². The number of anilines is 1. The summed E-state index contributed by atoms with van der Waals surface area (Å²) in [7, 11) is 1.63. The standard InChI is InChI=1S/C29H31N3O2/c1-29(18-26(33)30-2)23-11-3-4-12-24(23)32(28(29)34)21-13-15-31(16-14-21)25-17-20-9-5-7-19-8-6-10-22(25)27(19)20/h3-12,21,25H,13-18H2,1-2H3,(H,30,33)/t25-,29-/m1/s1. The number of hydrogen-bond acceptors (Lipinski definition) is 3. The highest BCUT2D eigenvalue weighted by Gasteiger charge is 2.50. The maximum atomic E-state index is 13.8. The van der Waals surface area contributed by atoms with Gasteiger partial charge in [0.25, 0.3) is 0 Å². The van der Waals surface area contributed by atoms with Gasteiger partial charge in [0, 0.05) is 44.3 Å². The number of amides is 2. The first-order valence-electron chi connectivity index (χ1n) is 12.4. The second-order valence-electron chi connectivity index (χ2n) is 10.2. The maximum Gasteiger partial charge on any atom is 0.238 e. The van der Waals surface area contributed by atoms with Crippen LogP contribution in [0.3, 0.4) is 0 Å². The third-order valence-electron chi connectivity index (χ3n) is 8.34. The number of carbonyl (C=O) groups is 2. The van der Waals surface area contributed by atoms with E-state index in [1.54, 1.807) is 7.05 Å². The summed E-state index contributed by atoms with van der Waals surface area (Å²) in [5, 5.41) is 5.47. The molecule has 174 valence electrons. The molecule has 1 saturated heterocycles. The van der Waals surface area contributed by atoms with Crippen molar-refractivity contribution in [1.82, 2.24) is 10.2 Å². The molecule has 0 radical (unpaired) electrons. The van der Waals surface area contributed by atoms with Crippen molar-refractivity contribution < 1.29 is 9.59 Å². The van der Waals surface area contributed by atoms with Crippen molar-refractivity contribution in [3.05, 3.63) is 77.4 Å². The third-order valence-corrected chi connectivity index (χ3v) is 8.34. The van der Waals surface area contributed by atoms with Crippen LogP contribution in [0.2, 0.25) is 0 Å². The average Bonchev–Trinajstić information content (AvgIpc) is 3.34. The van der Waals surface area contributed by atoms with Gasteiger partial charge in [0.05, 0.1) is 5.41 Å². The van der Waals surface area contributed by atoms with Gasteiger partial charge in [-0.05, 0) is 59.7 Å². The largest absolute Gasteiger partial charge is 0.359 e. The number of piperidine rings is 1. The summed E-state index contributed by atoms with van der Waals surface area (Å²) in [6.45, 7) is 3.87. The van der Waals surface area contributed by atoms with Crippen molar-refractivity contribution in [3.63, 3.8) is 0 Å². The Kier molecular flexibility index (Phi) is 4.99. The molecule has 0 unspecified atom stereocenters. The van der Waals surface area contributed by atoms with Crippen LogP contribution in [0.5, 0.6) is 0 Å². The van der Waals surface area contributed by atoms with E-state index in [4.69, 9.17) is 0 Å². The topological polar surface area (TPSA) is 52.7 Å². The molecular formula is C29H31N3O2. The third kappa shape index (κ3) is 3.10. The molecule has 1 fully saturated rings. The van der Waals surface area contributed by atoms with E-state index in [1.165, 1.54) is 21.9 Å². The number of likely N-dealkylation sites (tertiary alicyclic amines) is 1. The molecule has 0 aromatic heterocycles. The van der Waals surface area contributed by atoms with E-state index in [1.807, 2.05) is 36.1 Å². The van der Waals surface area contributed by atoms with Gasteiger partial charge in [-0.15, -0.1) is 0 Å². The summed E-state index contributed by atoms with van der Waals surface area (Å²) >= 11 is 0. The minimum absolute atomic E-state index is 0.0637. The summed E-state index contributed by atoms with van der Waals surface area (Å²) in [4.78, 5) is 30.7. The minimum Gasteiger partial charge on any atom is -0.359 e. The number of nitrogens with zero attached hydrogens (tertiary/aromatic N) is 2. The van der Waals surface area contributed by atoms with Crippen LogP contribution in [0.1, 0.15) is 48.9 Å². The van der Waals surface area contributed by atoms with Crippen LogP contribution < -0.4 is 10.2 Å². The first-order chi connectivity index (χ1) is 16.5. The highest BCUT2D eigenvalue weighted by molar-refractivity contribution is 6.10. The maximum absolute atomic E-state index is 13.8. The van der Waals surface area contributed by atoms with Gasteiger partial charge in [0.1, 0.15) is 0 Å². The van der Waals surface area contributed by atoms with Crippen LogP contribution in [0, 0.1) is 0 Å². The SMILES string of the molecule is CNC(=O)C[C@@]1(C)C(=O)N(C2CCN([C@@H]3Cc4cccc5cccc3c45)CC2)c2ccccc21. The first-order valence-corrected chi connectivity index (χ1v) is 12.4. The Morgan fingerprint density at radius 3 is 2.53 bits per heavy atom. The molecule has 5 nitrogen and oxygen atoms in total. The van der Waals surface area contributed by atoms with Crippen LogP contribution in [0.4, 0.5) is 5.69 Å². The number of fused-ring (bicyclic) bond motifs is 1. The lowest BCUT2D eigenvalue weighted by molar-refractivity contribution is -0.129. The van der Waals surface area contributed by atoms with Crippen LogP contribution in [0.15, 0.2) is 60.7 Å². The van der Waals surface area contributed by atoms with Gasteiger partial charge in [-0.1, -0.05) is 54.6 Å². The molecule has 3 aromatic rings. The molecule has 2 amide bonds. The molecule has 5 heteroatoms. The van der Waals surface area contributed by atoms with E-state index in [0.717, 1.165) is 43.6 Å². The molecular weight excluding hydrogens is 422 g/mol. The molecule has 0 spiro atoms. The fourth-order valence-electron chi connectivity index (χ4n) is 6.58. The van der Waals surface area contributed by atoms with Crippen LogP contribution >= 0.6 is 0 Å². The quantitative estimate of drug-likeness (QED) is 0.639. The van der Waals surface area contributed by atoms with Gasteiger partial charge < -0.3 is 10.2 Å². The van der Waals surface area contributed by atoms with Gasteiger partial charge in [0.2, 0.25) is 11.8 Å². The Balaban J connectivity index is 1.23. The van der Waals surface area contributed by atoms with Gasteiger partial charge in [-0.3, -0.25) is 14.5 Å². The lowest BCUT2D eigenvalue weighted by Crippen LogP contribution is -2.50. The average molecular weight is 454 g/mol. The highest BCUT2D eigenvalue weighted by atomic mass is 16.2. The minimum atomic E-state index is -0.809. The van der Waals surface area contributed by atoms with Crippen LogP contribution in [-0.2, 0) is 21.4 Å². The lowest BCUT2D eigenvalue weighted by atomic mass is 9.80. The van der Waals surface area contributed by atoms with Crippen LogP contribution in [-0.4, -0.2) is 42.9 Å². The summed E-state index contributed by atoms with van der Waals surface area (Å²) in [5.41, 5.74) is 4.05. The number of rotatable bonds is 4. The molecule has 0 bridgehead atoms. The Labute approximate surface area is 200 Å². The number of para-hydroxylation sites is 1. The Morgan fingerprint density at radius 1 is 1.03 bits per heavy atom. The first kappa shape index (κ1) is 21.4. The Bertz CT molecular complexity index is 1290. The zero-order valence-corrected chi connectivity index (χ0v) is 19.9. The van der Waals surface area contributed by atoms with Crippen molar-refractivity contribution in [1.29, 1.82) is 0 Å². The van der Waals surface area contributed by atoms with Crippen LogP contribution in [0.25, 0.3) is 10.8 Å². The molecule has 2 aliphatic heterocycles. The van der Waals surface area contributed by atoms with Gasteiger partial charge in [0.15, 0.2) is 0 Å². The Hall–Kier alpha value is -3.18. The van der Waals surface area contributed by atoms with E-state index in [9.17, 15) is 9.59 Å². The summed E-state index contributed by atoms with van der Waals surface area (Å²) in [6, 6.07) is 21.9. The molecule has 2 atom stereocenters. The molecule has 3 aromatic carbocycles. The monoisotopic (exact) mass is 453 g/mol. The Morgan fingerprint density at radius 2 is 1.76 bits per heavy atom. The molecule has 1 aliphatic carbocycles. The van der Waals surface area contributed by atoms with E-state index in [2.05, 4.69) is 46.6 Å². The summed E-state index contributed by atoms with van der Waals surface area (Å²) < 4.78 is 0. The van der Waals surface area contributed by atoms with Crippen molar-refractivity contribution in [3.8, 4) is 0 Å². The highest BCUT2D eigenvalue weighted by Crippen LogP contribution is 2.47. The molecule has 1 N–H and O–H groups in total. The second-order valence-corrected chi connectivity index (χ2v) is 10.2. The fraction of sp³-hybridized carbons (Fsp3) is 0.379. The lowest BCUT2D eigenvalue weighted by Gasteiger charge is -2.40. The predicted octanol–water partition coefficient (Wildman–Crippen LogP) is 4.34. The molecule has 34 heavy (non-hydrogen) atoms. The van der Waals surface area contributed by atoms with E-state index in [-0.39, 0.29) is 24.3 Å². The van der Waals surface area contributed by atoms with Gasteiger partial charge >= 0.3 is 0 Å². The van der Waals surface area contributed by atoms with E-state index >= 15 is 0 Å². The number of carbonyl (C=O) groups excluding carboxylic acids is 2. The van der Waals surface area contributed by atoms with Crippen molar-refractivity contribution in [2.75, 3.05) is 25.0 Å². The van der Waals surface area contributed by atoms with E-state index in [0.29, 0.717) is 6.04 Å². The van der Waals surface area contributed by atoms with Gasteiger partial charge in [-0.2, -0.15) is 0 Å². The molecule has 0 saturated carbocycles. The van der Waals surface area contributed by atoms with Crippen molar-refractivity contribution in [2.24, 2.45) is 0 Å². The molecule has 3 aliphatic rings. The van der Waals surface area contributed by atoms with E-state index < -0.39 is 5.41 Å². The normalized spacial score (nSPS) is 24.6. The number of hydrogen-bond donors (Lipinski definition) is 1. The van der Waals surface area contributed by atoms with Crippen molar-refractivity contribution in [2.45, 2.75) is 50.1 Å². The smallest absolute Gasteiger partial charge is 0.238 e.